The zero-order valence-electron chi connectivity index (χ0n) is 15.2. The summed E-state index contributed by atoms with van der Waals surface area (Å²) in [5.74, 6) is -0.669. The van der Waals surface area contributed by atoms with Gasteiger partial charge in [0.15, 0.2) is 11.5 Å². The van der Waals surface area contributed by atoms with E-state index >= 15 is 0 Å². The van der Waals surface area contributed by atoms with Gasteiger partial charge in [-0.05, 0) is 33.6 Å². The number of halogens is 2. The quantitative estimate of drug-likeness (QED) is 0.730. The highest BCUT2D eigenvalue weighted by molar-refractivity contribution is 9.10. The first-order valence-electron chi connectivity index (χ1n) is 8.40. The number of amides is 2. The Hall–Kier alpha value is -2.87. The molecule has 0 unspecified atom stereocenters. The van der Waals surface area contributed by atoms with Crippen LogP contribution in [0.5, 0.6) is 11.5 Å². The monoisotopic (exact) mass is 448 g/mol. The van der Waals surface area contributed by atoms with Crippen LogP contribution in [0.4, 0.5) is 10.1 Å². The van der Waals surface area contributed by atoms with E-state index in [9.17, 15) is 14.0 Å². The minimum Gasteiger partial charge on any atom is -0.493 e. The molecule has 0 radical (unpaired) electrons. The number of hydrogen-bond donors (Lipinski definition) is 2. The summed E-state index contributed by atoms with van der Waals surface area (Å²) < 4.78 is 24.7. The molecule has 0 bridgehead atoms. The van der Waals surface area contributed by atoms with E-state index in [0.717, 1.165) is 0 Å². The Labute approximate surface area is 169 Å². The predicted molar refractivity (Wildman–Crippen MR) is 106 cm³/mol. The summed E-state index contributed by atoms with van der Waals surface area (Å²) in [5, 5.41) is 5.36. The van der Waals surface area contributed by atoms with Crippen LogP contribution in [0.25, 0.3) is 0 Å². The molecule has 28 heavy (non-hydrogen) atoms. The molecule has 3 rings (SSSR count). The topological polar surface area (TPSA) is 76.7 Å². The van der Waals surface area contributed by atoms with Crippen molar-refractivity contribution in [3.05, 3.63) is 64.0 Å². The van der Waals surface area contributed by atoms with Crippen LogP contribution in [-0.2, 0) is 9.59 Å². The number of anilines is 1. The van der Waals surface area contributed by atoms with E-state index in [1.807, 2.05) is 0 Å². The molecule has 0 spiro atoms. The number of methoxy groups -OCH3 is 2. The Morgan fingerprint density at radius 1 is 1.21 bits per heavy atom. The summed E-state index contributed by atoms with van der Waals surface area (Å²) in [5.41, 5.74) is 1.35. The van der Waals surface area contributed by atoms with Crippen molar-refractivity contribution in [3.63, 3.8) is 0 Å². The Bertz CT molecular complexity index is 961. The molecule has 0 aromatic heterocycles. The summed E-state index contributed by atoms with van der Waals surface area (Å²) in [4.78, 5) is 24.8. The van der Waals surface area contributed by atoms with Crippen molar-refractivity contribution in [2.45, 2.75) is 12.3 Å². The number of ether oxygens (including phenoxy) is 2. The first-order valence-corrected chi connectivity index (χ1v) is 9.20. The summed E-state index contributed by atoms with van der Waals surface area (Å²) in [6.45, 7) is 0. The van der Waals surface area contributed by atoms with Gasteiger partial charge in [0.05, 0.1) is 19.9 Å². The smallest absolute Gasteiger partial charge is 0.253 e. The van der Waals surface area contributed by atoms with Gasteiger partial charge in [-0.3, -0.25) is 9.59 Å². The van der Waals surface area contributed by atoms with Crippen LogP contribution in [0.2, 0.25) is 0 Å². The number of rotatable bonds is 5. The second-order valence-corrected chi connectivity index (χ2v) is 6.97. The fourth-order valence-electron chi connectivity index (χ4n) is 3.00. The molecule has 0 saturated carbocycles. The lowest BCUT2D eigenvalue weighted by atomic mass is 9.86. The number of carbonyl (C=O) groups is 2. The molecule has 1 aliphatic rings. The van der Waals surface area contributed by atoms with Gasteiger partial charge in [0.1, 0.15) is 5.82 Å². The summed E-state index contributed by atoms with van der Waals surface area (Å²) in [6.07, 6.45) is 1.42. The Morgan fingerprint density at radius 2 is 1.93 bits per heavy atom. The summed E-state index contributed by atoms with van der Waals surface area (Å²) in [6, 6.07) is 9.19. The molecule has 2 N–H and O–H groups in total. The highest BCUT2D eigenvalue weighted by atomic mass is 79.9. The maximum Gasteiger partial charge on any atom is 0.253 e. The third-order valence-electron chi connectivity index (χ3n) is 4.39. The second kappa shape index (κ2) is 8.43. The van der Waals surface area contributed by atoms with E-state index in [0.29, 0.717) is 32.8 Å². The van der Waals surface area contributed by atoms with E-state index in [4.69, 9.17) is 9.47 Å². The third kappa shape index (κ3) is 4.17. The average Bonchev–Trinajstić information content (AvgIpc) is 2.69. The van der Waals surface area contributed by atoms with Gasteiger partial charge in [-0.15, -0.1) is 0 Å². The molecule has 6 nitrogen and oxygen atoms in total. The number of benzene rings is 2. The van der Waals surface area contributed by atoms with Gasteiger partial charge in [0.25, 0.3) is 5.91 Å². The summed E-state index contributed by atoms with van der Waals surface area (Å²) in [7, 11) is 3.01. The molecular formula is C20H18BrFN2O4. The molecule has 1 atom stereocenters. The molecular weight excluding hydrogens is 431 g/mol. The molecule has 2 amide bonds. The fraction of sp³-hybridized carbons (Fsp3) is 0.200. The normalized spacial score (nSPS) is 16.1. The summed E-state index contributed by atoms with van der Waals surface area (Å²) >= 11 is 3.39. The molecule has 0 aliphatic carbocycles. The van der Waals surface area contributed by atoms with Crippen LogP contribution >= 0.6 is 15.9 Å². The van der Waals surface area contributed by atoms with Gasteiger partial charge in [0.2, 0.25) is 5.91 Å². The lowest BCUT2D eigenvalue weighted by Crippen LogP contribution is -2.32. The highest BCUT2D eigenvalue weighted by Crippen LogP contribution is 2.37. The van der Waals surface area contributed by atoms with Crippen LogP contribution < -0.4 is 20.1 Å². The van der Waals surface area contributed by atoms with Gasteiger partial charge >= 0.3 is 0 Å². The lowest BCUT2D eigenvalue weighted by Gasteiger charge is -2.24. The van der Waals surface area contributed by atoms with Crippen molar-refractivity contribution in [1.82, 2.24) is 5.32 Å². The molecule has 8 heteroatoms. The minimum atomic E-state index is -0.552. The molecule has 1 aliphatic heterocycles. The van der Waals surface area contributed by atoms with Crippen LogP contribution in [0, 0.1) is 5.82 Å². The zero-order valence-corrected chi connectivity index (χ0v) is 16.8. The third-order valence-corrected chi connectivity index (χ3v) is 5.04. The SMILES string of the molecule is COc1cc(Br)c(NC(=O)C2=CNC(=O)C[C@H]2c2cccc(F)c2)cc1OC. The van der Waals surface area contributed by atoms with Crippen molar-refractivity contribution < 1.29 is 23.5 Å². The number of nitrogens with one attached hydrogen (secondary N) is 2. The van der Waals surface area contributed by atoms with E-state index in [1.54, 1.807) is 24.3 Å². The molecule has 2 aromatic rings. The first kappa shape index (κ1) is 19.9. The highest BCUT2D eigenvalue weighted by Gasteiger charge is 2.29. The van der Waals surface area contributed by atoms with Crippen molar-refractivity contribution >= 4 is 33.4 Å². The fourth-order valence-corrected chi connectivity index (χ4v) is 3.42. The van der Waals surface area contributed by atoms with E-state index in [-0.39, 0.29) is 12.3 Å². The predicted octanol–water partition coefficient (Wildman–Crippen LogP) is 3.73. The van der Waals surface area contributed by atoms with Crippen molar-refractivity contribution in [2.24, 2.45) is 0 Å². The second-order valence-electron chi connectivity index (χ2n) is 6.12. The van der Waals surface area contributed by atoms with Crippen LogP contribution in [0.3, 0.4) is 0 Å². The van der Waals surface area contributed by atoms with Crippen LogP contribution in [-0.4, -0.2) is 26.0 Å². The van der Waals surface area contributed by atoms with E-state index in [1.165, 1.54) is 32.6 Å². The van der Waals surface area contributed by atoms with Gasteiger partial charge in [-0.25, -0.2) is 4.39 Å². The number of hydrogen-bond acceptors (Lipinski definition) is 4. The molecule has 0 fully saturated rings. The van der Waals surface area contributed by atoms with Crippen LogP contribution in [0.1, 0.15) is 17.9 Å². The van der Waals surface area contributed by atoms with Gasteiger partial charge in [-0.1, -0.05) is 12.1 Å². The first-order chi connectivity index (χ1) is 13.4. The average molecular weight is 449 g/mol. The molecule has 146 valence electrons. The van der Waals surface area contributed by atoms with Gasteiger partial charge < -0.3 is 20.1 Å². The van der Waals surface area contributed by atoms with Crippen LogP contribution in [0.15, 0.2) is 52.6 Å². The standard InChI is InChI=1S/C20H18BrFN2O4/c1-27-17-8-15(21)16(9-18(17)28-2)24-20(26)14-10-23-19(25)7-13(14)11-4-3-5-12(22)6-11/h3-6,8-10,13H,7H2,1-2H3,(H,23,25)(H,24,26)/t13-/m0/s1. The minimum absolute atomic E-state index is 0.0514. The maximum absolute atomic E-state index is 13.6. The van der Waals surface area contributed by atoms with Crippen molar-refractivity contribution in [1.29, 1.82) is 0 Å². The van der Waals surface area contributed by atoms with Gasteiger partial charge in [0, 0.05) is 40.7 Å². The maximum atomic E-state index is 13.6. The Balaban J connectivity index is 1.91. The molecule has 1 heterocycles. The van der Waals surface area contributed by atoms with E-state index < -0.39 is 17.6 Å². The molecule has 2 aromatic carbocycles. The molecule has 0 saturated heterocycles. The lowest BCUT2D eigenvalue weighted by molar-refractivity contribution is -0.121. The largest absolute Gasteiger partial charge is 0.493 e. The van der Waals surface area contributed by atoms with Crippen molar-refractivity contribution in [3.8, 4) is 11.5 Å². The number of carbonyl (C=O) groups excluding carboxylic acids is 2. The zero-order chi connectivity index (χ0) is 20.3. The van der Waals surface area contributed by atoms with Gasteiger partial charge in [-0.2, -0.15) is 0 Å². The van der Waals surface area contributed by atoms with Crippen molar-refractivity contribution in [2.75, 3.05) is 19.5 Å². The van der Waals surface area contributed by atoms with E-state index in [2.05, 4.69) is 26.6 Å². The Kier molecular flexibility index (Phi) is 5.99. The Morgan fingerprint density at radius 3 is 2.61 bits per heavy atom.